The number of ether oxygens (including phenoxy) is 2. The van der Waals surface area contributed by atoms with Gasteiger partial charge in [0.25, 0.3) is 11.8 Å². The number of hydrazine groups is 1. The summed E-state index contributed by atoms with van der Waals surface area (Å²) in [7, 11) is 2.52. The van der Waals surface area contributed by atoms with Gasteiger partial charge in [0.2, 0.25) is 0 Å². The molecule has 9 nitrogen and oxygen atoms in total. The van der Waals surface area contributed by atoms with Crippen molar-refractivity contribution in [1.82, 2.24) is 5.43 Å². The standard InChI is InChI=1S/C24H17ClN2O7/c1-32-23(30)13-3-6-15(7-4-13)27-22(29)18(21(28)26-27)12-16-8-10-20(34-16)14-5-9-19(25)17(11-14)24(31)33-2/h3-12H,1-2H3,(H,26,28)/b18-12-. The Balaban J connectivity index is 1.58. The molecule has 0 radical (unpaired) electrons. The Morgan fingerprint density at radius 3 is 2.35 bits per heavy atom. The van der Waals surface area contributed by atoms with Crippen molar-refractivity contribution < 1.29 is 33.1 Å². The quantitative estimate of drug-likeness (QED) is 0.337. The Labute approximate surface area is 198 Å². The predicted molar refractivity (Wildman–Crippen MR) is 122 cm³/mol. The van der Waals surface area contributed by atoms with Crippen LogP contribution in [0.2, 0.25) is 5.02 Å². The Hall–Kier alpha value is -4.37. The lowest BCUT2D eigenvalue weighted by molar-refractivity contribution is -0.117. The first-order valence-corrected chi connectivity index (χ1v) is 10.2. The molecule has 1 aliphatic heterocycles. The average Bonchev–Trinajstić information content (AvgIpc) is 3.43. The van der Waals surface area contributed by atoms with Gasteiger partial charge in [0.15, 0.2) is 0 Å². The zero-order valence-electron chi connectivity index (χ0n) is 18.0. The Morgan fingerprint density at radius 1 is 0.971 bits per heavy atom. The first-order valence-electron chi connectivity index (χ1n) is 9.86. The molecule has 1 N–H and O–H groups in total. The lowest BCUT2D eigenvalue weighted by Crippen LogP contribution is -2.35. The van der Waals surface area contributed by atoms with Crippen molar-refractivity contribution in [3.8, 4) is 11.3 Å². The third-order valence-corrected chi connectivity index (χ3v) is 5.34. The molecule has 2 heterocycles. The van der Waals surface area contributed by atoms with E-state index in [1.54, 1.807) is 24.3 Å². The molecular formula is C24H17ClN2O7. The second kappa shape index (κ2) is 9.24. The van der Waals surface area contributed by atoms with E-state index in [2.05, 4.69) is 10.2 Å². The molecule has 2 amide bonds. The minimum Gasteiger partial charge on any atom is -0.465 e. The maximum absolute atomic E-state index is 12.8. The monoisotopic (exact) mass is 480 g/mol. The summed E-state index contributed by atoms with van der Waals surface area (Å²) in [4.78, 5) is 48.7. The SMILES string of the molecule is COC(=O)c1ccc(N2NC(=O)/C(=C/c3ccc(-c4ccc(Cl)c(C(=O)OC)c4)o3)C2=O)cc1. The summed E-state index contributed by atoms with van der Waals surface area (Å²) >= 11 is 6.05. The topological polar surface area (TPSA) is 115 Å². The van der Waals surface area contributed by atoms with Crippen LogP contribution in [0.5, 0.6) is 0 Å². The number of hydrogen-bond donors (Lipinski definition) is 1. The number of furan rings is 1. The second-order valence-electron chi connectivity index (χ2n) is 7.07. The van der Waals surface area contributed by atoms with Crippen LogP contribution in [0.15, 0.2) is 64.6 Å². The highest BCUT2D eigenvalue weighted by Gasteiger charge is 2.34. The van der Waals surface area contributed by atoms with E-state index in [4.69, 9.17) is 20.8 Å². The molecule has 2 aromatic carbocycles. The molecule has 1 aromatic heterocycles. The van der Waals surface area contributed by atoms with Crippen molar-refractivity contribution in [2.24, 2.45) is 0 Å². The fourth-order valence-corrected chi connectivity index (χ4v) is 3.47. The molecule has 10 heteroatoms. The Kier molecular flexibility index (Phi) is 6.20. The molecule has 1 aliphatic rings. The lowest BCUT2D eigenvalue weighted by Gasteiger charge is -2.14. The number of carbonyl (C=O) groups is 4. The normalized spacial score (nSPS) is 14.3. The third-order valence-electron chi connectivity index (χ3n) is 5.01. The number of methoxy groups -OCH3 is 2. The van der Waals surface area contributed by atoms with Crippen molar-refractivity contribution >= 4 is 47.1 Å². The third kappa shape index (κ3) is 4.28. The lowest BCUT2D eigenvalue weighted by atomic mass is 10.1. The fourth-order valence-electron chi connectivity index (χ4n) is 3.28. The van der Waals surface area contributed by atoms with Gasteiger partial charge in [0.05, 0.1) is 36.1 Å². The van der Waals surface area contributed by atoms with Gasteiger partial charge < -0.3 is 13.9 Å². The zero-order chi connectivity index (χ0) is 24.4. The maximum atomic E-state index is 12.8. The van der Waals surface area contributed by atoms with Crippen LogP contribution in [-0.4, -0.2) is 38.0 Å². The van der Waals surface area contributed by atoms with Crippen LogP contribution in [0.3, 0.4) is 0 Å². The molecule has 34 heavy (non-hydrogen) atoms. The molecule has 3 aromatic rings. The zero-order valence-corrected chi connectivity index (χ0v) is 18.7. The second-order valence-corrected chi connectivity index (χ2v) is 7.47. The van der Waals surface area contributed by atoms with Crippen molar-refractivity contribution in [1.29, 1.82) is 0 Å². The average molecular weight is 481 g/mol. The van der Waals surface area contributed by atoms with E-state index in [1.807, 2.05) is 0 Å². The van der Waals surface area contributed by atoms with E-state index in [0.29, 0.717) is 22.6 Å². The predicted octanol–water partition coefficient (Wildman–Crippen LogP) is 3.63. The van der Waals surface area contributed by atoms with Gasteiger partial charge in [-0.3, -0.25) is 15.0 Å². The molecular weight excluding hydrogens is 464 g/mol. The van der Waals surface area contributed by atoms with E-state index in [1.165, 1.54) is 50.6 Å². The van der Waals surface area contributed by atoms with Crippen LogP contribution < -0.4 is 10.4 Å². The number of anilines is 1. The van der Waals surface area contributed by atoms with Gasteiger partial charge in [-0.2, -0.15) is 0 Å². The van der Waals surface area contributed by atoms with Crippen LogP contribution in [-0.2, 0) is 19.1 Å². The summed E-state index contributed by atoms with van der Waals surface area (Å²) in [5, 5.41) is 1.30. The van der Waals surface area contributed by atoms with Gasteiger partial charge in [-0.05, 0) is 60.7 Å². The number of carbonyl (C=O) groups excluding carboxylic acids is 4. The summed E-state index contributed by atoms with van der Waals surface area (Å²) in [5.41, 5.74) is 3.75. The fraction of sp³-hybridized carbons (Fsp3) is 0.0833. The molecule has 1 fully saturated rings. The highest BCUT2D eigenvalue weighted by atomic mass is 35.5. The minimum atomic E-state index is -0.612. The van der Waals surface area contributed by atoms with E-state index in [9.17, 15) is 19.2 Å². The number of halogens is 1. The molecule has 1 saturated heterocycles. The first-order chi connectivity index (χ1) is 16.3. The Bertz CT molecular complexity index is 1340. The first kappa shape index (κ1) is 22.8. The molecule has 0 unspecified atom stereocenters. The van der Waals surface area contributed by atoms with Gasteiger partial charge in [0.1, 0.15) is 17.1 Å². The van der Waals surface area contributed by atoms with Crippen LogP contribution in [0, 0.1) is 0 Å². The Morgan fingerprint density at radius 2 is 1.68 bits per heavy atom. The molecule has 172 valence electrons. The number of rotatable bonds is 5. The number of hydrogen-bond acceptors (Lipinski definition) is 7. The van der Waals surface area contributed by atoms with Crippen LogP contribution in [0.25, 0.3) is 17.4 Å². The summed E-state index contributed by atoms with van der Waals surface area (Å²) < 4.78 is 15.1. The number of nitrogens with one attached hydrogen (secondary N) is 1. The van der Waals surface area contributed by atoms with Gasteiger partial charge >= 0.3 is 11.9 Å². The van der Waals surface area contributed by atoms with Crippen molar-refractivity contribution in [3.05, 3.63) is 82.1 Å². The number of amides is 2. The van der Waals surface area contributed by atoms with E-state index in [0.717, 1.165) is 5.01 Å². The largest absolute Gasteiger partial charge is 0.465 e. The molecule has 0 aliphatic carbocycles. The van der Waals surface area contributed by atoms with Crippen LogP contribution >= 0.6 is 11.6 Å². The van der Waals surface area contributed by atoms with Crippen molar-refractivity contribution in [2.75, 3.05) is 19.2 Å². The summed E-state index contributed by atoms with van der Waals surface area (Å²) in [6.45, 7) is 0. The number of nitrogens with zero attached hydrogens (tertiary/aromatic N) is 1. The van der Waals surface area contributed by atoms with Crippen LogP contribution in [0.4, 0.5) is 5.69 Å². The van der Waals surface area contributed by atoms with Crippen LogP contribution in [0.1, 0.15) is 26.5 Å². The minimum absolute atomic E-state index is 0.135. The number of esters is 2. The molecule has 0 saturated carbocycles. The van der Waals surface area contributed by atoms with Gasteiger partial charge in [-0.1, -0.05) is 11.6 Å². The van der Waals surface area contributed by atoms with E-state index < -0.39 is 23.8 Å². The van der Waals surface area contributed by atoms with E-state index in [-0.39, 0.29) is 21.9 Å². The molecule has 0 spiro atoms. The van der Waals surface area contributed by atoms with Crippen molar-refractivity contribution in [3.63, 3.8) is 0 Å². The van der Waals surface area contributed by atoms with Gasteiger partial charge in [0, 0.05) is 5.56 Å². The van der Waals surface area contributed by atoms with Crippen molar-refractivity contribution in [2.45, 2.75) is 0 Å². The molecule has 0 bridgehead atoms. The highest BCUT2D eigenvalue weighted by Crippen LogP contribution is 2.29. The van der Waals surface area contributed by atoms with Gasteiger partial charge in [-0.15, -0.1) is 0 Å². The smallest absolute Gasteiger partial charge is 0.339 e. The summed E-state index contributed by atoms with van der Waals surface area (Å²) in [6.07, 6.45) is 1.32. The van der Waals surface area contributed by atoms with E-state index >= 15 is 0 Å². The molecule has 0 atom stereocenters. The summed E-state index contributed by atoms with van der Waals surface area (Å²) in [5.74, 6) is -1.65. The maximum Gasteiger partial charge on any atom is 0.339 e. The highest BCUT2D eigenvalue weighted by molar-refractivity contribution is 6.33. The molecule has 4 rings (SSSR count). The summed E-state index contributed by atoms with van der Waals surface area (Å²) in [6, 6.07) is 13.9. The van der Waals surface area contributed by atoms with Gasteiger partial charge in [-0.25, -0.2) is 14.6 Å². The number of benzene rings is 2.